The van der Waals surface area contributed by atoms with E-state index in [0.717, 1.165) is 0 Å². The standard InChI is InChI=1S/C19H17ClF2N4O2S/c1-2-26-17(10-28-14-6-3-12(21)4-7-14)24-25-19(26)29-11-18(27)23-13-5-8-16(22)15(20)9-13/h3-9H,2,10-11H2,1H3,(H,23,27). The number of nitrogens with one attached hydrogen (secondary N) is 1. The number of anilines is 1. The fourth-order valence-electron chi connectivity index (χ4n) is 2.43. The predicted octanol–water partition coefficient (Wildman–Crippen LogP) is 4.54. The van der Waals surface area contributed by atoms with Crippen molar-refractivity contribution in [1.82, 2.24) is 14.8 Å². The van der Waals surface area contributed by atoms with Crippen molar-refractivity contribution in [2.45, 2.75) is 25.2 Å². The molecule has 0 saturated heterocycles. The Morgan fingerprint density at radius 1 is 1.21 bits per heavy atom. The van der Waals surface area contributed by atoms with Crippen LogP contribution in [0.25, 0.3) is 0 Å². The minimum atomic E-state index is -0.550. The summed E-state index contributed by atoms with van der Waals surface area (Å²) in [7, 11) is 0. The highest BCUT2D eigenvalue weighted by Crippen LogP contribution is 2.21. The summed E-state index contributed by atoms with van der Waals surface area (Å²) in [6, 6.07) is 9.66. The van der Waals surface area contributed by atoms with Crippen molar-refractivity contribution >= 4 is 35.0 Å². The van der Waals surface area contributed by atoms with E-state index >= 15 is 0 Å². The van der Waals surface area contributed by atoms with Crippen molar-refractivity contribution in [3.8, 4) is 5.75 Å². The van der Waals surface area contributed by atoms with Gasteiger partial charge in [0.05, 0.1) is 10.8 Å². The number of hydrogen-bond donors (Lipinski definition) is 1. The molecule has 2 aromatic carbocycles. The van der Waals surface area contributed by atoms with Crippen molar-refractivity contribution in [2.75, 3.05) is 11.1 Å². The SMILES string of the molecule is CCn1c(COc2ccc(F)cc2)nnc1SCC(=O)Nc1ccc(F)c(Cl)c1. The van der Waals surface area contributed by atoms with E-state index < -0.39 is 5.82 Å². The molecule has 0 atom stereocenters. The molecule has 3 rings (SSSR count). The summed E-state index contributed by atoms with van der Waals surface area (Å²) in [5.74, 6) is 0.0203. The van der Waals surface area contributed by atoms with Gasteiger partial charge in [0.1, 0.15) is 24.0 Å². The van der Waals surface area contributed by atoms with Crippen LogP contribution in [0.1, 0.15) is 12.7 Å². The molecule has 0 saturated carbocycles. The molecular formula is C19H17ClF2N4O2S. The Hall–Kier alpha value is -2.65. The Morgan fingerprint density at radius 2 is 1.97 bits per heavy atom. The van der Waals surface area contributed by atoms with Gasteiger partial charge in [0, 0.05) is 12.2 Å². The van der Waals surface area contributed by atoms with Crippen molar-refractivity contribution in [3.05, 3.63) is 64.9 Å². The summed E-state index contributed by atoms with van der Waals surface area (Å²) in [5.41, 5.74) is 0.410. The van der Waals surface area contributed by atoms with Gasteiger partial charge in [0.2, 0.25) is 5.91 Å². The van der Waals surface area contributed by atoms with Crippen LogP contribution >= 0.6 is 23.4 Å². The van der Waals surface area contributed by atoms with Gasteiger partial charge in [0.15, 0.2) is 11.0 Å². The van der Waals surface area contributed by atoms with Crippen LogP contribution in [0.3, 0.4) is 0 Å². The lowest BCUT2D eigenvalue weighted by Gasteiger charge is -2.09. The zero-order chi connectivity index (χ0) is 20.8. The molecule has 6 nitrogen and oxygen atoms in total. The first kappa shape index (κ1) is 21.1. The molecule has 1 amide bonds. The maximum atomic E-state index is 13.2. The summed E-state index contributed by atoms with van der Waals surface area (Å²) in [5, 5.41) is 11.4. The number of carbonyl (C=O) groups excluding carboxylic acids is 1. The molecular weight excluding hydrogens is 422 g/mol. The van der Waals surface area contributed by atoms with Crippen LogP contribution in [0.4, 0.5) is 14.5 Å². The maximum absolute atomic E-state index is 13.2. The lowest BCUT2D eigenvalue weighted by atomic mass is 10.3. The molecule has 152 valence electrons. The van der Waals surface area contributed by atoms with E-state index in [0.29, 0.717) is 29.0 Å². The zero-order valence-corrected chi connectivity index (χ0v) is 16.9. The van der Waals surface area contributed by atoms with E-state index in [1.165, 1.54) is 54.2 Å². The van der Waals surface area contributed by atoms with Gasteiger partial charge >= 0.3 is 0 Å². The zero-order valence-electron chi connectivity index (χ0n) is 15.4. The number of rotatable bonds is 8. The van der Waals surface area contributed by atoms with Gasteiger partial charge in [-0.25, -0.2) is 8.78 Å². The normalized spacial score (nSPS) is 10.8. The Kier molecular flexibility index (Phi) is 7.05. The van der Waals surface area contributed by atoms with Crippen molar-refractivity contribution < 1.29 is 18.3 Å². The van der Waals surface area contributed by atoms with Crippen molar-refractivity contribution in [1.29, 1.82) is 0 Å². The van der Waals surface area contributed by atoms with E-state index in [2.05, 4.69) is 15.5 Å². The largest absolute Gasteiger partial charge is 0.486 e. The lowest BCUT2D eigenvalue weighted by molar-refractivity contribution is -0.113. The number of thioether (sulfide) groups is 1. The molecule has 0 radical (unpaired) electrons. The van der Waals surface area contributed by atoms with Gasteiger partial charge in [-0.1, -0.05) is 23.4 Å². The predicted molar refractivity (Wildman–Crippen MR) is 107 cm³/mol. The Morgan fingerprint density at radius 3 is 2.66 bits per heavy atom. The van der Waals surface area contributed by atoms with Gasteiger partial charge in [-0.15, -0.1) is 10.2 Å². The number of halogens is 3. The smallest absolute Gasteiger partial charge is 0.234 e. The molecule has 29 heavy (non-hydrogen) atoms. The molecule has 0 aliphatic heterocycles. The minimum absolute atomic E-state index is 0.0630. The van der Waals surface area contributed by atoms with Gasteiger partial charge in [-0.05, 0) is 49.4 Å². The van der Waals surface area contributed by atoms with E-state index in [4.69, 9.17) is 16.3 Å². The molecule has 3 aromatic rings. The third-order valence-corrected chi connectivity index (χ3v) is 5.08. The summed E-state index contributed by atoms with van der Waals surface area (Å²) in [6.07, 6.45) is 0. The highest BCUT2D eigenvalue weighted by molar-refractivity contribution is 7.99. The molecule has 0 bridgehead atoms. The average Bonchev–Trinajstić information content (AvgIpc) is 3.10. The number of nitrogens with zero attached hydrogens (tertiary/aromatic N) is 3. The van der Waals surface area contributed by atoms with Gasteiger partial charge in [-0.2, -0.15) is 0 Å². The van der Waals surface area contributed by atoms with Crippen LogP contribution in [0.15, 0.2) is 47.6 Å². The second-order valence-corrected chi connectivity index (χ2v) is 7.20. The molecule has 0 aliphatic rings. The molecule has 0 fully saturated rings. The minimum Gasteiger partial charge on any atom is -0.486 e. The van der Waals surface area contributed by atoms with Crippen LogP contribution in [0.2, 0.25) is 5.02 Å². The van der Waals surface area contributed by atoms with Crippen molar-refractivity contribution in [3.63, 3.8) is 0 Å². The third-order valence-electron chi connectivity index (χ3n) is 3.83. The molecule has 10 heteroatoms. The maximum Gasteiger partial charge on any atom is 0.234 e. The molecule has 0 aliphatic carbocycles. The number of carbonyl (C=O) groups is 1. The van der Waals surface area contributed by atoms with Crippen LogP contribution in [0.5, 0.6) is 5.75 Å². The number of benzene rings is 2. The summed E-state index contributed by atoms with van der Waals surface area (Å²) in [6.45, 7) is 2.68. The van der Waals surface area contributed by atoms with Gasteiger partial charge in [0.25, 0.3) is 0 Å². The Balaban J connectivity index is 1.57. The molecule has 1 N–H and O–H groups in total. The summed E-state index contributed by atoms with van der Waals surface area (Å²) >= 11 is 6.93. The number of aromatic nitrogens is 3. The van der Waals surface area contributed by atoms with Crippen LogP contribution in [-0.4, -0.2) is 26.4 Å². The van der Waals surface area contributed by atoms with Gasteiger partial charge < -0.3 is 14.6 Å². The third kappa shape index (κ3) is 5.68. The second kappa shape index (κ2) is 9.71. The fraction of sp³-hybridized carbons (Fsp3) is 0.211. The Bertz CT molecular complexity index is 998. The quantitative estimate of drug-likeness (QED) is 0.523. The summed E-state index contributed by atoms with van der Waals surface area (Å²) < 4.78 is 33.6. The van der Waals surface area contributed by atoms with Gasteiger partial charge in [-0.3, -0.25) is 4.79 Å². The van der Waals surface area contributed by atoms with Crippen LogP contribution < -0.4 is 10.1 Å². The second-order valence-electron chi connectivity index (χ2n) is 5.85. The Labute approximate surface area is 175 Å². The monoisotopic (exact) mass is 438 g/mol. The first-order valence-corrected chi connectivity index (χ1v) is 10.0. The highest BCUT2D eigenvalue weighted by Gasteiger charge is 2.14. The van der Waals surface area contributed by atoms with E-state index in [9.17, 15) is 13.6 Å². The topological polar surface area (TPSA) is 69.0 Å². The number of amides is 1. The number of ether oxygens (including phenoxy) is 1. The molecule has 0 unspecified atom stereocenters. The lowest BCUT2D eigenvalue weighted by Crippen LogP contribution is -2.15. The highest BCUT2D eigenvalue weighted by atomic mass is 35.5. The molecule has 1 heterocycles. The molecule has 0 spiro atoms. The molecule has 1 aromatic heterocycles. The first-order chi connectivity index (χ1) is 14.0. The van der Waals surface area contributed by atoms with Crippen LogP contribution in [0, 0.1) is 11.6 Å². The number of hydrogen-bond acceptors (Lipinski definition) is 5. The first-order valence-electron chi connectivity index (χ1n) is 8.64. The average molecular weight is 439 g/mol. The van der Waals surface area contributed by atoms with E-state index in [1.807, 2.05) is 11.5 Å². The summed E-state index contributed by atoms with van der Waals surface area (Å²) in [4.78, 5) is 12.1. The van der Waals surface area contributed by atoms with Crippen molar-refractivity contribution in [2.24, 2.45) is 0 Å². The fourth-order valence-corrected chi connectivity index (χ4v) is 3.43. The van der Waals surface area contributed by atoms with E-state index in [-0.39, 0.29) is 29.1 Å². The van der Waals surface area contributed by atoms with Crippen LogP contribution in [-0.2, 0) is 17.9 Å². The van der Waals surface area contributed by atoms with E-state index in [1.54, 1.807) is 0 Å².